The van der Waals surface area contributed by atoms with Crippen molar-refractivity contribution in [3.8, 4) is 0 Å². The second-order valence-electron chi connectivity index (χ2n) is 9.27. The van der Waals surface area contributed by atoms with E-state index in [1.165, 1.54) is 12.1 Å². The number of H-pyrrole nitrogens is 2. The summed E-state index contributed by atoms with van der Waals surface area (Å²) in [5, 5.41) is 7.33. The highest BCUT2D eigenvalue weighted by molar-refractivity contribution is 5.99. The van der Waals surface area contributed by atoms with Crippen LogP contribution in [-0.2, 0) is 18.5 Å². The number of hydrogen-bond acceptors (Lipinski definition) is 3. The largest absolute Gasteiger partial charge is 0.350 e. The molecule has 1 fully saturated rings. The summed E-state index contributed by atoms with van der Waals surface area (Å²) < 4.78 is 27.7. The molecule has 1 saturated carbocycles. The van der Waals surface area contributed by atoms with Crippen molar-refractivity contribution in [2.75, 3.05) is 13.6 Å². The van der Waals surface area contributed by atoms with E-state index in [1.54, 1.807) is 16.8 Å². The predicted molar refractivity (Wildman–Crippen MR) is 125 cm³/mol. The zero-order valence-electron chi connectivity index (χ0n) is 19.1. The third kappa shape index (κ3) is 3.33. The first-order valence-corrected chi connectivity index (χ1v) is 11.5. The van der Waals surface area contributed by atoms with Crippen LogP contribution in [0.2, 0.25) is 0 Å². The summed E-state index contributed by atoms with van der Waals surface area (Å²) in [6.07, 6.45) is 2.28. The third-order valence-corrected chi connectivity index (χ3v) is 7.33. The van der Waals surface area contributed by atoms with Crippen molar-refractivity contribution in [2.45, 2.75) is 31.3 Å². The number of carbonyl (C=O) groups is 2. The lowest BCUT2D eigenvalue weighted by atomic mass is 10.0. The monoisotopic (exact) mass is 475 g/mol. The molecule has 0 bridgehead atoms. The summed E-state index contributed by atoms with van der Waals surface area (Å²) in [4.78, 5) is 33.0. The molecule has 1 aliphatic carbocycles. The fraction of sp³-hybridized carbons (Fsp3) is 0.269. The van der Waals surface area contributed by atoms with Gasteiger partial charge in [0, 0.05) is 42.2 Å². The zero-order chi connectivity index (χ0) is 24.3. The molecule has 7 nitrogen and oxygen atoms in total. The molecule has 35 heavy (non-hydrogen) atoms. The normalized spacial score (nSPS) is 16.3. The molecule has 2 aliphatic rings. The van der Waals surface area contributed by atoms with Crippen LogP contribution < -0.4 is 0 Å². The van der Waals surface area contributed by atoms with Gasteiger partial charge in [-0.05, 0) is 36.6 Å². The number of carbonyl (C=O) groups excluding carboxylic acids is 2. The lowest BCUT2D eigenvalue weighted by molar-refractivity contribution is 0.0681. The molecule has 2 amide bonds. The van der Waals surface area contributed by atoms with E-state index in [-0.39, 0.29) is 35.0 Å². The van der Waals surface area contributed by atoms with E-state index < -0.39 is 11.6 Å². The smallest absolute Gasteiger partial charge is 0.275 e. The molecule has 2 N–H and O–H groups in total. The van der Waals surface area contributed by atoms with Gasteiger partial charge in [-0.15, -0.1) is 0 Å². The Bertz CT molecular complexity index is 1470. The number of fused-ring (bicyclic) bond motifs is 2. The Morgan fingerprint density at radius 2 is 1.89 bits per heavy atom. The van der Waals surface area contributed by atoms with Crippen LogP contribution in [0.3, 0.4) is 0 Å². The lowest BCUT2D eigenvalue weighted by Gasteiger charge is -2.30. The Morgan fingerprint density at radius 3 is 2.63 bits per heavy atom. The minimum atomic E-state index is -0.989. The number of aromatic nitrogens is 3. The van der Waals surface area contributed by atoms with Gasteiger partial charge in [0.05, 0.1) is 12.1 Å². The highest BCUT2D eigenvalue weighted by atomic mass is 19.2. The Kier molecular flexibility index (Phi) is 4.77. The highest BCUT2D eigenvalue weighted by Gasteiger charge is 2.50. The van der Waals surface area contributed by atoms with Crippen LogP contribution in [0.1, 0.15) is 50.6 Å². The fourth-order valence-electron chi connectivity index (χ4n) is 5.11. The molecule has 178 valence electrons. The minimum Gasteiger partial charge on any atom is -0.350 e. The van der Waals surface area contributed by atoms with E-state index in [0.717, 1.165) is 30.2 Å². The highest BCUT2D eigenvalue weighted by Crippen LogP contribution is 2.50. The average Bonchev–Trinajstić information content (AvgIpc) is 3.40. The van der Waals surface area contributed by atoms with Gasteiger partial charge >= 0.3 is 0 Å². The van der Waals surface area contributed by atoms with Gasteiger partial charge in [-0.1, -0.05) is 30.3 Å². The molecule has 1 aliphatic heterocycles. The molecule has 4 aromatic rings. The van der Waals surface area contributed by atoms with Gasteiger partial charge in [-0.25, -0.2) is 8.78 Å². The van der Waals surface area contributed by atoms with Crippen molar-refractivity contribution in [1.82, 2.24) is 25.0 Å². The zero-order valence-corrected chi connectivity index (χ0v) is 19.1. The Hall–Kier alpha value is -4.01. The van der Waals surface area contributed by atoms with Gasteiger partial charge in [0.15, 0.2) is 17.3 Å². The van der Waals surface area contributed by atoms with Crippen LogP contribution in [0.25, 0.3) is 10.9 Å². The van der Waals surface area contributed by atoms with Crippen molar-refractivity contribution >= 4 is 22.7 Å². The Balaban J connectivity index is 1.26. The average molecular weight is 475 g/mol. The maximum Gasteiger partial charge on any atom is 0.275 e. The Morgan fingerprint density at radius 1 is 1.11 bits per heavy atom. The molecule has 3 heterocycles. The number of benzene rings is 2. The van der Waals surface area contributed by atoms with E-state index in [2.05, 4.69) is 15.2 Å². The number of halogens is 2. The second kappa shape index (κ2) is 7.76. The summed E-state index contributed by atoms with van der Waals surface area (Å²) in [5.74, 6) is -2.49. The number of hydrogen-bond donors (Lipinski definition) is 2. The predicted octanol–water partition coefficient (Wildman–Crippen LogP) is 4.13. The summed E-state index contributed by atoms with van der Waals surface area (Å²) in [5.41, 5.74) is 3.12. The standard InChI is InChI=1S/C26H23F2N5O2/c1-32(26(10-11-26)15-5-3-2-4-6-15)25(35)23-17-14-33(12-9-20(17)30-31-23)24(34)21-13-16-19(29-21)8-7-18(27)22(16)28/h2-8,13,29H,9-12,14H2,1H3,(H,30,31). The first kappa shape index (κ1) is 21.5. The molecule has 9 heteroatoms. The van der Waals surface area contributed by atoms with Crippen LogP contribution in [-0.4, -0.2) is 50.4 Å². The summed E-state index contributed by atoms with van der Waals surface area (Å²) in [6, 6.07) is 13.7. The van der Waals surface area contributed by atoms with E-state index in [1.807, 2.05) is 30.3 Å². The van der Waals surface area contributed by atoms with E-state index in [0.29, 0.717) is 29.7 Å². The number of amides is 2. The molecule has 0 atom stereocenters. The second-order valence-corrected chi connectivity index (χ2v) is 9.27. The first-order valence-electron chi connectivity index (χ1n) is 11.5. The summed E-state index contributed by atoms with van der Waals surface area (Å²) >= 11 is 0. The van der Waals surface area contributed by atoms with Crippen LogP contribution >= 0.6 is 0 Å². The van der Waals surface area contributed by atoms with Crippen molar-refractivity contribution < 1.29 is 18.4 Å². The van der Waals surface area contributed by atoms with Crippen LogP contribution in [0, 0.1) is 11.6 Å². The fourth-order valence-corrected chi connectivity index (χ4v) is 5.11. The molecule has 0 unspecified atom stereocenters. The molecule has 0 saturated heterocycles. The van der Waals surface area contributed by atoms with Crippen molar-refractivity contribution in [2.24, 2.45) is 0 Å². The maximum absolute atomic E-state index is 14.1. The molecule has 0 radical (unpaired) electrons. The number of rotatable bonds is 4. The van der Waals surface area contributed by atoms with Crippen LogP contribution in [0.5, 0.6) is 0 Å². The molecule has 0 spiro atoms. The van der Waals surface area contributed by atoms with Gasteiger partial charge in [0.1, 0.15) is 5.69 Å². The van der Waals surface area contributed by atoms with Gasteiger partial charge < -0.3 is 14.8 Å². The first-order chi connectivity index (χ1) is 16.9. The van der Waals surface area contributed by atoms with E-state index >= 15 is 0 Å². The van der Waals surface area contributed by atoms with Gasteiger partial charge in [0.2, 0.25) is 0 Å². The molecular weight excluding hydrogens is 452 g/mol. The minimum absolute atomic E-state index is 0.0301. The van der Waals surface area contributed by atoms with Gasteiger partial charge in [-0.3, -0.25) is 14.7 Å². The van der Waals surface area contributed by atoms with E-state index in [4.69, 9.17) is 0 Å². The summed E-state index contributed by atoms with van der Waals surface area (Å²) in [6.45, 7) is 0.613. The summed E-state index contributed by atoms with van der Waals surface area (Å²) in [7, 11) is 1.80. The quantitative estimate of drug-likeness (QED) is 0.466. The van der Waals surface area contributed by atoms with Crippen molar-refractivity contribution in [3.63, 3.8) is 0 Å². The lowest BCUT2D eigenvalue weighted by Crippen LogP contribution is -2.39. The molecule has 2 aromatic heterocycles. The number of nitrogens with one attached hydrogen (secondary N) is 2. The van der Waals surface area contributed by atoms with Crippen LogP contribution in [0.4, 0.5) is 8.78 Å². The van der Waals surface area contributed by atoms with Crippen molar-refractivity contribution in [3.05, 3.63) is 88.4 Å². The number of nitrogens with zero attached hydrogens (tertiary/aromatic N) is 3. The number of aromatic amines is 2. The topological polar surface area (TPSA) is 85.1 Å². The molecular formula is C26H23F2N5O2. The van der Waals surface area contributed by atoms with Gasteiger partial charge in [-0.2, -0.15) is 5.10 Å². The van der Waals surface area contributed by atoms with Crippen molar-refractivity contribution in [1.29, 1.82) is 0 Å². The van der Waals surface area contributed by atoms with Gasteiger partial charge in [0.25, 0.3) is 11.8 Å². The van der Waals surface area contributed by atoms with E-state index in [9.17, 15) is 18.4 Å². The Labute approximate surface area is 199 Å². The molecule has 6 rings (SSSR count). The maximum atomic E-state index is 14.1. The third-order valence-electron chi connectivity index (χ3n) is 7.33. The SMILES string of the molecule is CN(C(=O)c1n[nH]c2c1CN(C(=O)c1cc3c(F)c(F)ccc3[nH]1)CC2)C1(c2ccccc2)CC1. The van der Waals surface area contributed by atoms with Crippen LogP contribution in [0.15, 0.2) is 48.5 Å². The molecule has 2 aromatic carbocycles.